The molecule has 6 nitrogen and oxygen atoms in total. The Labute approximate surface area is 214 Å². The summed E-state index contributed by atoms with van der Waals surface area (Å²) >= 11 is 1.35. The molecule has 2 heterocycles. The van der Waals surface area contributed by atoms with Crippen LogP contribution in [0, 0.1) is 19.3 Å². The van der Waals surface area contributed by atoms with Crippen molar-refractivity contribution in [3.05, 3.63) is 106 Å². The second kappa shape index (κ2) is 10.3. The van der Waals surface area contributed by atoms with E-state index in [1.165, 1.54) is 17.3 Å². The number of benzene rings is 3. The zero-order valence-corrected chi connectivity index (χ0v) is 20.8. The van der Waals surface area contributed by atoms with Gasteiger partial charge in [-0.15, -0.1) is 0 Å². The summed E-state index contributed by atoms with van der Waals surface area (Å²) in [6, 6.07) is 23.3. The molecule has 0 aliphatic carbocycles. The van der Waals surface area contributed by atoms with E-state index in [-0.39, 0.29) is 11.4 Å². The van der Waals surface area contributed by atoms with Crippen molar-refractivity contribution < 1.29 is 14.3 Å². The first-order chi connectivity index (χ1) is 17.5. The van der Waals surface area contributed by atoms with Crippen molar-refractivity contribution in [1.82, 2.24) is 4.90 Å². The summed E-state index contributed by atoms with van der Waals surface area (Å²) < 4.78 is 11.7. The van der Waals surface area contributed by atoms with Gasteiger partial charge in [0.25, 0.3) is 5.91 Å². The number of rotatable bonds is 7. The summed E-state index contributed by atoms with van der Waals surface area (Å²) in [6.45, 7) is 4.87. The molecule has 0 saturated carbocycles. The molecule has 0 spiro atoms. The lowest BCUT2D eigenvalue weighted by atomic mass is 10.1. The molecule has 3 aromatic rings. The molecule has 0 saturated heterocycles. The van der Waals surface area contributed by atoms with Crippen LogP contribution >= 0.6 is 11.8 Å². The average Bonchev–Trinajstić information content (AvgIpc) is 3.30. The quantitative estimate of drug-likeness (QED) is 0.318. The monoisotopic (exact) mass is 495 g/mol. The second-order valence-electron chi connectivity index (χ2n) is 8.47. The number of amides is 1. The first-order valence-electron chi connectivity index (χ1n) is 11.6. The lowest BCUT2D eigenvalue weighted by molar-refractivity contribution is -0.114. The molecule has 0 bridgehead atoms. The summed E-state index contributed by atoms with van der Waals surface area (Å²) in [5.41, 5.74) is 5.08. The van der Waals surface area contributed by atoms with Crippen molar-refractivity contribution >= 4 is 40.4 Å². The van der Waals surface area contributed by atoms with E-state index in [1.54, 1.807) is 11.0 Å². The molecule has 36 heavy (non-hydrogen) atoms. The molecule has 7 heteroatoms. The van der Waals surface area contributed by atoms with Gasteiger partial charge in [-0.05, 0) is 54.8 Å². The number of hydrogen-bond donors (Lipinski definition) is 1. The maximum Gasteiger partial charge on any atom is 0.283 e. The van der Waals surface area contributed by atoms with E-state index in [2.05, 4.69) is 18.0 Å². The van der Waals surface area contributed by atoms with Crippen molar-refractivity contribution in [3.63, 3.8) is 0 Å². The fourth-order valence-corrected chi connectivity index (χ4v) is 4.94. The van der Waals surface area contributed by atoms with E-state index in [1.807, 2.05) is 79.1 Å². The average molecular weight is 496 g/mol. The molecular formula is C29H25N3O3S. The van der Waals surface area contributed by atoms with E-state index in [0.717, 1.165) is 28.1 Å². The minimum atomic E-state index is -0.422. The van der Waals surface area contributed by atoms with Gasteiger partial charge < -0.3 is 9.47 Å². The highest BCUT2D eigenvalue weighted by Gasteiger charge is 2.36. The minimum absolute atomic E-state index is 0.110. The van der Waals surface area contributed by atoms with Gasteiger partial charge in [0.05, 0.1) is 11.3 Å². The van der Waals surface area contributed by atoms with Crippen LogP contribution in [0.5, 0.6) is 11.5 Å². The number of carbonyl (C=O) groups is 1. The summed E-state index contributed by atoms with van der Waals surface area (Å²) in [5, 5.41) is 11.2. The van der Waals surface area contributed by atoms with Gasteiger partial charge in [0.15, 0.2) is 5.17 Å². The minimum Gasteiger partial charge on any atom is -0.490 e. The smallest absolute Gasteiger partial charge is 0.283 e. The van der Waals surface area contributed by atoms with Crippen LogP contribution in [0.1, 0.15) is 22.3 Å². The summed E-state index contributed by atoms with van der Waals surface area (Å²) in [6.07, 6.45) is 1.69. The highest BCUT2D eigenvalue weighted by molar-refractivity contribution is 8.17. The van der Waals surface area contributed by atoms with Gasteiger partial charge in [0.1, 0.15) is 30.5 Å². The Balaban J connectivity index is 1.28. The highest BCUT2D eigenvalue weighted by atomic mass is 32.2. The molecule has 0 unspecified atom stereocenters. The molecule has 180 valence electrons. The number of hydrogen-bond acceptors (Lipinski definition) is 5. The van der Waals surface area contributed by atoms with E-state index in [9.17, 15) is 4.79 Å². The van der Waals surface area contributed by atoms with Gasteiger partial charge in [0.2, 0.25) is 0 Å². The third-order valence-corrected chi connectivity index (χ3v) is 6.62. The number of carbonyl (C=O) groups excluding carboxylic acids is 1. The molecule has 2 aliphatic rings. The Hall–Kier alpha value is -4.10. The maximum absolute atomic E-state index is 12.8. The van der Waals surface area contributed by atoms with Crippen LogP contribution in [0.25, 0.3) is 11.8 Å². The van der Waals surface area contributed by atoms with Gasteiger partial charge in [-0.3, -0.25) is 15.1 Å². The van der Waals surface area contributed by atoms with Crippen LogP contribution < -0.4 is 9.47 Å². The maximum atomic E-state index is 12.8. The Morgan fingerprint density at radius 2 is 1.78 bits per heavy atom. The van der Waals surface area contributed by atoms with Crippen LogP contribution in [0.4, 0.5) is 0 Å². The molecule has 2 aliphatic heterocycles. The van der Waals surface area contributed by atoms with Gasteiger partial charge in [-0.1, -0.05) is 71.9 Å². The summed E-state index contributed by atoms with van der Waals surface area (Å²) in [5.74, 6) is 1.20. The van der Waals surface area contributed by atoms with E-state index in [4.69, 9.17) is 14.9 Å². The third-order valence-electron chi connectivity index (χ3n) is 5.79. The van der Waals surface area contributed by atoms with Crippen LogP contribution in [-0.2, 0) is 4.79 Å². The van der Waals surface area contributed by atoms with Crippen molar-refractivity contribution in [2.45, 2.75) is 13.8 Å². The van der Waals surface area contributed by atoms with Crippen molar-refractivity contribution in [3.8, 4) is 11.5 Å². The first-order valence-corrected chi connectivity index (χ1v) is 12.5. The van der Waals surface area contributed by atoms with E-state index >= 15 is 0 Å². The topological polar surface area (TPSA) is 75.0 Å². The van der Waals surface area contributed by atoms with Crippen molar-refractivity contribution in [2.75, 3.05) is 13.2 Å². The number of aliphatic imine (C=N–C) groups is 1. The predicted octanol–water partition coefficient (Wildman–Crippen LogP) is 6.07. The van der Waals surface area contributed by atoms with Gasteiger partial charge in [0, 0.05) is 5.41 Å². The van der Waals surface area contributed by atoms with Crippen LogP contribution in [0.2, 0.25) is 0 Å². The van der Waals surface area contributed by atoms with Gasteiger partial charge in [-0.25, -0.2) is 0 Å². The number of nitrogens with one attached hydrogen (secondary N) is 1. The lowest BCUT2D eigenvalue weighted by Crippen LogP contribution is -2.38. The normalized spacial score (nSPS) is 16.1. The number of fused-ring (bicyclic) bond motifs is 1. The number of aryl methyl sites for hydroxylation is 2. The van der Waals surface area contributed by atoms with Crippen LogP contribution in [-0.4, -0.2) is 35.0 Å². The third kappa shape index (κ3) is 4.97. The Kier molecular flexibility index (Phi) is 6.73. The Morgan fingerprint density at radius 1 is 0.972 bits per heavy atom. The molecule has 5 rings (SSSR count). The van der Waals surface area contributed by atoms with Crippen molar-refractivity contribution in [1.29, 1.82) is 5.41 Å². The molecular weight excluding hydrogens is 470 g/mol. The van der Waals surface area contributed by atoms with E-state index < -0.39 is 5.91 Å². The molecule has 0 aromatic heterocycles. The number of ether oxygens (including phenoxy) is 2. The molecule has 0 radical (unpaired) electrons. The van der Waals surface area contributed by atoms with Crippen LogP contribution in [0.15, 0.2) is 88.8 Å². The zero-order chi connectivity index (χ0) is 25.1. The second-order valence-corrected chi connectivity index (χ2v) is 9.30. The van der Waals surface area contributed by atoms with Gasteiger partial charge in [-0.2, -0.15) is 4.99 Å². The van der Waals surface area contributed by atoms with Gasteiger partial charge >= 0.3 is 0 Å². The number of nitrogens with zero attached hydrogens (tertiary/aromatic N) is 2. The van der Waals surface area contributed by atoms with E-state index in [0.29, 0.717) is 24.1 Å². The van der Waals surface area contributed by atoms with Crippen molar-refractivity contribution in [2.24, 2.45) is 4.99 Å². The largest absolute Gasteiger partial charge is 0.490 e. The highest BCUT2D eigenvalue weighted by Crippen LogP contribution is 2.37. The first kappa shape index (κ1) is 23.6. The molecule has 0 fully saturated rings. The molecule has 0 atom stereocenters. The molecule has 1 N–H and O–H groups in total. The predicted molar refractivity (Wildman–Crippen MR) is 145 cm³/mol. The van der Waals surface area contributed by atoms with Crippen LogP contribution in [0.3, 0.4) is 0 Å². The Bertz CT molecular complexity index is 1430. The lowest BCUT2D eigenvalue weighted by Gasteiger charge is -2.26. The SMILES string of the molecule is Cc1ccc(OCCOc2cccc(/C=C3/C(=N)N4C(c5ccccc5)=CSC4=NC3=O)c2)c(C)c1. The zero-order valence-electron chi connectivity index (χ0n) is 20.0. The fourth-order valence-electron chi connectivity index (χ4n) is 4.05. The number of thioether (sulfide) groups is 1. The fraction of sp³-hybridized carbons (Fsp3) is 0.138. The summed E-state index contributed by atoms with van der Waals surface area (Å²) in [4.78, 5) is 18.7. The molecule has 3 aromatic carbocycles. The Morgan fingerprint density at radius 3 is 2.58 bits per heavy atom. The summed E-state index contributed by atoms with van der Waals surface area (Å²) in [7, 11) is 0. The molecule has 1 amide bonds. The number of amidine groups is 2. The standard InChI is InChI=1S/C29H25N3O3S/c1-19-11-12-26(20(2)15-19)35-14-13-34-23-10-6-7-21(16-23)17-24-27(30)32-25(22-8-4-3-5-9-22)18-36-29(32)31-28(24)33/h3-12,15-18,30H,13-14H2,1-2H3/b24-17-,30-27?.